The molecule has 0 bridgehead atoms. The second kappa shape index (κ2) is 8.65. The van der Waals surface area contributed by atoms with Crippen LogP contribution in [0.1, 0.15) is 12.0 Å². The molecule has 1 aliphatic rings. The van der Waals surface area contributed by atoms with Gasteiger partial charge in [0.1, 0.15) is 0 Å². The van der Waals surface area contributed by atoms with Gasteiger partial charge in [-0.05, 0) is 51.3 Å². The number of amides is 1. The van der Waals surface area contributed by atoms with Crippen LogP contribution >= 0.6 is 15.9 Å². The number of carbonyl (C=O) groups excluding carboxylic acids is 1. The Morgan fingerprint density at radius 1 is 1.23 bits per heavy atom. The summed E-state index contributed by atoms with van der Waals surface area (Å²) in [7, 11) is 4.22. The Balaban J connectivity index is 1.73. The van der Waals surface area contributed by atoms with Crippen LogP contribution in [-0.2, 0) is 11.2 Å². The van der Waals surface area contributed by atoms with E-state index in [2.05, 4.69) is 39.8 Å². The zero-order valence-electron chi connectivity index (χ0n) is 13.6. The third kappa shape index (κ3) is 5.71. The summed E-state index contributed by atoms with van der Waals surface area (Å²) < 4.78 is 1.03. The minimum atomic E-state index is 0.242. The molecule has 1 aromatic carbocycles. The van der Waals surface area contributed by atoms with Crippen LogP contribution in [0.2, 0.25) is 0 Å². The lowest BCUT2D eigenvalue weighted by molar-refractivity contribution is -0.132. The Bertz CT molecular complexity index is 485. The molecule has 1 heterocycles. The molecule has 0 unspecified atom stereocenters. The van der Waals surface area contributed by atoms with E-state index in [9.17, 15) is 4.79 Å². The third-order valence-electron chi connectivity index (χ3n) is 4.05. The summed E-state index contributed by atoms with van der Waals surface area (Å²) in [6, 6.07) is 8.01. The number of hydrogen-bond acceptors (Lipinski definition) is 3. The Morgan fingerprint density at radius 2 is 1.95 bits per heavy atom. The summed E-state index contributed by atoms with van der Waals surface area (Å²) in [5.74, 6) is 0.242. The highest BCUT2D eigenvalue weighted by atomic mass is 79.9. The minimum Gasteiger partial charge on any atom is -0.340 e. The largest absolute Gasteiger partial charge is 0.340 e. The molecule has 1 fully saturated rings. The molecular weight excluding hydrogens is 342 g/mol. The van der Waals surface area contributed by atoms with Gasteiger partial charge in [0, 0.05) is 30.7 Å². The smallest absolute Gasteiger partial charge is 0.227 e. The van der Waals surface area contributed by atoms with E-state index >= 15 is 0 Å². The lowest BCUT2D eigenvalue weighted by Gasteiger charge is -2.35. The molecule has 22 heavy (non-hydrogen) atoms. The molecule has 0 spiro atoms. The molecule has 1 amide bonds. The first-order chi connectivity index (χ1) is 10.5. The average molecular weight is 368 g/mol. The minimum absolute atomic E-state index is 0.242. The van der Waals surface area contributed by atoms with Crippen LogP contribution in [0.4, 0.5) is 0 Å². The van der Waals surface area contributed by atoms with Crippen LogP contribution in [0, 0.1) is 0 Å². The van der Waals surface area contributed by atoms with Crippen molar-refractivity contribution < 1.29 is 4.79 Å². The maximum absolute atomic E-state index is 12.4. The van der Waals surface area contributed by atoms with E-state index in [0.29, 0.717) is 6.42 Å². The molecule has 0 aliphatic carbocycles. The fraction of sp³-hybridized carbons (Fsp3) is 0.588. The van der Waals surface area contributed by atoms with Gasteiger partial charge in [-0.25, -0.2) is 0 Å². The van der Waals surface area contributed by atoms with Crippen molar-refractivity contribution in [2.75, 3.05) is 53.4 Å². The Hall–Kier alpha value is -0.910. The van der Waals surface area contributed by atoms with Gasteiger partial charge < -0.3 is 9.80 Å². The summed E-state index contributed by atoms with van der Waals surface area (Å²) >= 11 is 3.46. The molecule has 1 saturated heterocycles. The first-order valence-electron chi connectivity index (χ1n) is 7.94. The van der Waals surface area contributed by atoms with Crippen molar-refractivity contribution in [3.63, 3.8) is 0 Å². The van der Waals surface area contributed by atoms with Crippen LogP contribution in [0.15, 0.2) is 28.7 Å². The summed E-state index contributed by atoms with van der Waals surface area (Å²) in [5, 5.41) is 0. The average Bonchev–Trinajstić information content (AvgIpc) is 2.47. The molecular formula is C17H26BrN3O. The highest BCUT2D eigenvalue weighted by Crippen LogP contribution is 2.13. The van der Waals surface area contributed by atoms with E-state index in [-0.39, 0.29) is 5.91 Å². The van der Waals surface area contributed by atoms with E-state index in [1.807, 2.05) is 29.2 Å². The second-order valence-electron chi connectivity index (χ2n) is 6.19. The molecule has 0 N–H and O–H groups in total. The van der Waals surface area contributed by atoms with Gasteiger partial charge in [-0.15, -0.1) is 0 Å². The number of halogens is 1. The predicted octanol–water partition coefficient (Wildman–Crippen LogP) is 2.09. The van der Waals surface area contributed by atoms with Gasteiger partial charge >= 0.3 is 0 Å². The van der Waals surface area contributed by atoms with Gasteiger partial charge in [0.25, 0.3) is 0 Å². The molecule has 0 radical (unpaired) electrons. The number of carbonyl (C=O) groups is 1. The zero-order valence-corrected chi connectivity index (χ0v) is 15.2. The summed E-state index contributed by atoms with van der Waals surface area (Å²) in [4.78, 5) is 19.1. The van der Waals surface area contributed by atoms with Crippen LogP contribution < -0.4 is 0 Å². The van der Waals surface area contributed by atoms with Crippen LogP contribution in [0.25, 0.3) is 0 Å². The van der Waals surface area contributed by atoms with E-state index in [1.54, 1.807) is 0 Å². The second-order valence-corrected chi connectivity index (χ2v) is 7.10. The number of hydrogen-bond donors (Lipinski definition) is 0. The summed E-state index contributed by atoms with van der Waals surface area (Å²) in [5.41, 5.74) is 1.08. The molecule has 122 valence electrons. The van der Waals surface area contributed by atoms with Crippen LogP contribution in [0.3, 0.4) is 0 Å². The molecule has 2 rings (SSSR count). The van der Waals surface area contributed by atoms with Crippen LogP contribution in [0.5, 0.6) is 0 Å². The topological polar surface area (TPSA) is 26.8 Å². The van der Waals surface area contributed by atoms with Crippen molar-refractivity contribution in [1.82, 2.24) is 14.7 Å². The van der Waals surface area contributed by atoms with Gasteiger partial charge in [-0.1, -0.05) is 28.1 Å². The maximum atomic E-state index is 12.4. The maximum Gasteiger partial charge on any atom is 0.227 e. The van der Waals surface area contributed by atoms with Crippen molar-refractivity contribution >= 4 is 21.8 Å². The monoisotopic (exact) mass is 367 g/mol. The van der Waals surface area contributed by atoms with E-state index in [1.165, 1.54) is 6.42 Å². The van der Waals surface area contributed by atoms with Crippen molar-refractivity contribution in [2.24, 2.45) is 0 Å². The molecule has 0 aromatic heterocycles. The van der Waals surface area contributed by atoms with Gasteiger partial charge in [0.2, 0.25) is 5.91 Å². The van der Waals surface area contributed by atoms with Gasteiger partial charge in [0.15, 0.2) is 0 Å². The van der Waals surface area contributed by atoms with Crippen molar-refractivity contribution in [2.45, 2.75) is 12.8 Å². The van der Waals surface area contributed by atoms with Crippen molar-refractivity contribution in [3.05, 3.63) is 34.3 Å². The Kier molecular flexibility index (Phi) is 6.86. The first kappa shape index (κ1) is 17.4. The summed E-state index contributed by atoms with van der Waals surface area (Å²) in [6.07, 6.45) is 1.69. The highest BCUT2D eigenvalue weighted by Gasteiger charge is 2.20. The van der Waals surface area contributed by atoms with Gasteiger partial charge in [-0.2, -0.15) is 0 Å². The lowest BCUT2D eigenvalue weighted by Crippen LogP contribution is -2.49. The predicted molar refractivity (Wildman–Crippen MR) is 94.0 cm³/mol. The first-order valence-corrected chi connectivity index (χ1v) is 8.73. The number of nitrogens with zero attached hydrogens (tertiary/aromatic N) is 3. The molecule has 1 aliphatic heterocycles. The molecule has 0 atom stereocenters. The molecule has 0 saturated carbocycles. The lowest BCUT2D eigenvalue weighted by atomic mass is 10.1. The number of piperazine rings is 1. The fourth-order valence-corrected chi connectivity index (χ4v) is 3.21. The number of benzene rings is 1. The normalized spacial score (nSPS) is 16.3. The Morgan fingerprint density at radius 3 is 2.59 bits per heavy atom. The Labute approximate surface area is 142 Å². The molecule has 4 nitrogen and oxygen atoms in total. The highest BCUT2D eigenvalue weighted by molar-refractivity contribution is 9.10. The zero-order chi connectivity index (χ0) is 15.9. The fourth-order valence-electron chi connectivity index (χ4n) is 2.76. The van der Waals surface area contributed by atoms with Crippen LogP contribution in [-0.4, -0.2) is 74.0 Å². The standard InChI is InChI=1S/C17H26BrN3O/c1-19(2)7-4-8-20-9-11-21(12-10-20)17(22)14-15-5-3-6-16(18)13-15/h3,5-6,13H,4,7-12,14H2,1-2H3. The SMILES string of the molecule is CN(C)CCCN1CCN(C(=O)Cc2cccc(Br)c2)CC1. The molecule has 1 aromatic rings. The molecule has 5 heteroatoms. The third-order valence-corrected chi connectivity index (χ3v) is 4.54. The summed E-state index contributed by atoms with van der Waals surface area (Å²) in [6.45, 7) is 5.97. The number of rotatable bonds is 6. The van der Waals surface area contributed by atoms with Gasteiger partial charge in [-0.3, -0.25) is 9.69 Å². The quantitative estimate of drug-likeness (QED) is 0.770. The van der Waals surface area contributed by atoms with Gasteiger partial charge in [0.05, 0.1) is 6.42 Å². The van der Waals surface area contributed by atoms with Crippen molar-refractivity contribution in [1.29, 1.82) is 0 Å². The van der Waals surface area contributed by atoms with E-state index in [4.69, 9.17) is 0 Å². The van der Waals surface area contributed by atoms with E-state index in [0.717, 1.165) is 49.3 Å². The van der Waals surface area contributed by atoms with E-state index < -0.39 is 0 Å². The van der Waals surface area contributed by atoms with Crippen molar-refractivity contribution in [3.8, 4) is 0 Å².